The van der Waals surface area contributed by atoms with E-state index in [4.69, 9.17) is 0 Å². The smallest absolute Gasteiger partial charge is 0.0714 e. The van der Waals surface area contributed by atoms with Crippen LogP contribution < -0.4 is 4.90 Å². The number of nitrogens with zero attached hydrogens (tertiary/aromatic N) is 1. The Labute approximate surface area is 347 Å². The molecule has 0 saturated heterocycles. The minimum Gasteiger partial charge on any atom is -0.310 e. The standard InChI is InChI=1S/C58H45N/c1-3-57(4-2)52-35-33-45(38-51(52)50-36-41-22-14-15-23-42(41)37-54(50)57)59(56-31-19-17-28-47(56)40-20-8-5-9-21-40)46-32-34-49-48-29-16-18-30-53(48)58(55(49)39-46,43-24-10-6-11-25-43)44-26-12-7-13-27-44/h5-39H,3-4H2,1-2H3. The summed E-state index contributed by atoms with van der Waals surface area (Å²) in [6.45, 7) is 4.73. The van der Waals surface area contributed by atoms with Crippen molar-refractivity contribution < 1.29 is 0 Å². The van der Waals surface area contributed by atoms with Crippen LogP contribution in [-0.2, 0) is 10.8 Å². The van der Waals surface area contributed by atoms with Gasteiger partial charge in [-0.2, -0.15) is 0 Å². The molecule has 59 heavy (non-hydrogen) atoms. The highest BCUT2D eigenvalue weighted by molar-refractivity contribution is 5.97. The first-order chi connectivity index (χ1) is 29.2. The van der Waals surface area contributed by atoms with Gasteiger partial charge < -0.3 is 4.90 Å². The molecule has 2 aliphatic carbocycles. The lowest BCUT2D eigenvalue weighted by Gasteiger charge is -2.35. The van der Waals surface area contributed by atoms with E-state index in [0.717, 1.165) is 29.9 Å². The van der Waals surface area contributed by atoms with E-state index in [1.165, 1.54) is 77.5 Å². The Kier molecular flexibility index (Phi) is 8.27. The second kappa shape index (κ2) is 13.9. The van der Waals surface area contributed by atoms with E-state index in [2.05, 4.69) is 231 Å². The molecule has 0 aromatic heterocycles. The molecular formula is C58H45N. The Balaban J connectivity index is 1.20. The highest BCUT2D eigenvalue weighted by Crippen LogP contribution is 2.59. The minimum absolute atomic E-state index is 0.0374. The van der Waals surface area contributed by atoms with E-state index in [-0.39, 0.29) is 5.41 Å². The second-order valence-corrected chi connectivity index (χ2v) is 16.2. The quantitative estimate of drug-likeness (QED) is 0.149. The predicted molar refractivity (Wildman–Crippen MR) is 248 cm³/mol. The highest BCUT2D eigenvalue weighted by Gasteiger charge is 2.46. The van der Waals surface area contributed by atoms with Gasteiger partial charge in [0, 0.05) is 22.4 Å². The zero-order valence-corrected chi connectivity index (χ0v) is 33.6. The number of hydrogen-bond donors (Lipinski definition) is 0. The molecule has 0 fully saturated rings. The normalized spacial score (nSPS) is 14.0. The van der Waals surface area contributed by atoms with E-state index in [0.29, 0.717) is 0 Å². The third-order valence-electron chi connectivity index (χ3n) is 13.6. The van der Waals surface area contributed by atoms with Gasteiger partial charge in [-0.25, -0.2) is 0 Å². The van der Waals surface area contributed by atoms with Crippen LogP contribution in [0.1, 0.15) is 60.1 Å². The molecule has 0 amide bonds. The molecule has 1 nitrogen and oxygen atoms in total. The summed E-state index contributed by atoms with van der Waals surface area (Å²) >= 11 is 0. The Morgan fingerprint density at radius 3 is 1.58 bits per heavy atom. The van der Waals surface area contributed by atoms with Crippen molar-refractivity contribution >= 4 is 27.8 Å². The maximum atomic E-state index is 2.52. The Morgan fingerprint density at radius 2 is 0.881 bits per heavy atom. The summed E-state index contributed by atoms with van der Waals surface area (Å²) in [6.07, 6.45) is 2.10. The van der Waals surface area contributed by atoms with E-state index >= 15 is 0 Å². The number of benzene rings is 9. The van der Waals surface area contributed by atoms with Crippen molar-refractivity contribution in [1.82, 2.24) is 0 Å². The third-order valence-corrected chi connectivity index (χ3v) is 13.6. The van der Waals surface area contributed by atoms with E-state index in [9.17, 15) is 0 Å². The summed E-state index contributed by atoms with van der Waals surface area (Å²) in [4.78, 5) is 2.52. The van der Waals surface area contributed by atoms with Gasteiger partial charge >= 0.3 is 0 Å². The van der Waals surface area contributed by atoms with Crippen LogP contribution in [0.2, 0.25) is 0 Å². The van der Waals surface area contributed by atoms with Crippen LogP contribution in [0.3, 0.4) is 0 Å². The first kappa shape index (κ1) is 35.2. The molecule has 0 aliphatic heterocycles. The molecule has 0 heterocycles. The molecule has 0 N–H and O–H groups in total. The molecule has 9 aromatic carbocycles. The van der Waals surface area contributed by atoms with Crippen molar-refractivity contribution in [3.8, 4) is 33.4 Å². The van der Waals surface area contributed by atoms with Gasteiger partial charge in [-0.05, 0) is 127 Å². The van der Waals surface area contributed by atoms with Crippen LogP contribution in [0.5, 0.6) is 0 Å². The first-order valence-corrected chi connectivity index (χ1v) is 21.1. The predicted octanol–water partition coefficient (Wildman–Crippen LogP) is 15.4. The van der Waals surface area contributed by atoms with Crippen LogP contribution in [0.15, 0.2) is 212 Å². The third kappa shape index (κ3) is 5.17. The topological polar surface area (TPSA) is 3.24 Å². The summed E-state index contributed by atoms with van der Waals surface area (Å²) in [5.74, 6) is 0. The molecule has 0 spiro atoms. The fourth-order valence-electron chi connectivity index (χ4n) is 10.9. The average Bonchev–Trinajstić information content (AvgIpc) is 3.76. The molecular weight excluding hydrogens is 711 g/mol. The van der Waals surface area contributed by atoms with Crippen molar-refractivity contribution in [2.45, 2.75) is 37.5 Å². The number of fused-ring (bicyclic) bond motifs is 7. The largest absolute Gasteiger partial charge is 0.310 e. The zero-order valence-electron chi connectivity index (χ0n) is 33.6. The Morgan fingerprint density at radius 1 is 0.356 bits per heavy atom. The maximum absolute atomic E-state index is 2.52. The van der Waals surface area contributed by atoms with Gasteiger partial charge in [-0.15, -0.1) is 0 Å². The lowest BCUT2D eigenvalue weighted by Crippen LogP contribution is -2.28. The van der Waals surface area contributed by atoms with Gasteiger partial charge in [0.05, 0.1) is 11.1 Å². The number of anilines is 3. The van der Waals surface area contributed by atoms with Gasteiger partial charge in [-0.3, -0.25) is 0 Å². The van der Waals surface area contributed by atoms with Gasteiger partial charge in [0.25, 0.3) is 0 Å². The molecule has 0 unspecified atom stereocenters. The van der Waals surface area contributed by atoms with Crippen LogP contribution in [0, 0.1) is 0 Å². The van der Waals surface area contributed by atoms with Crippen LogP contribution >= 0.6 is 0 Å². The van der Waals surface area contributed by atoms with Crippen LogP contribution in [0.4, 0.5) is 17.1 Å². The first-order valence-electron chi connectivity index (χ1n) is 21.1. The van der Waals surface area contributed by atoms with Gasteiger partial charge in [0.1, 0.15) is 0 Å². The number of para-hydroxylation sites is 1. The number of rotatable bonds is 8. The molecule has 9 aromatic rings. The molecule has 282 valence electrons. The molecule has 0 atom stereocenters. The molecule has 0 bridgehead atoms. The fourth-order valence-corrected chi connectivity index (χ4v) is 10.9. The summed E-state index contributed by atoms with van der Waals surface area (Å²) < 4.78 is 0. The van der Waals surface area contributed by atoms with Crippen LogP contribution in [-0.4, -0.2) is 0 Å². The van der Waals surface area contributed by atoms with Crippen molar-refractivity contribution in [1.29, 1.82) is 0 Å². The Hall–Kier alpha value is -6.96. The van der Waals surface area contributed by atoms with E-state index < -0.39 is 5.41 Å². The molecule has 2 aliphatic rings. The van der Waals surface area contributed by atoms with Crippen molar-refractivity contribution in [2.24, 2.45) is 0 Å². The zero-order chi connectivity index (χ0) is 39.6. The Bertz CT molecular complexity index is 2970. The highest BCUT2D eigenvalue weighted by atomic mass is 15.1. The van der Waals surface area contributed by atoms with Gasteiger partial charge in [0.15, 0.2) is 0 Å². The summed E-state index contributed by atoms with van der Waals surface area (Å²) in [6, 6.07) is 79.3. The summed E-state index contributed by atoms with van der Waals surface area (Å²) in [7, 11) is 0. The van der Waals surface area contributed by atoms with E-state index in [1.807, 2.05) is 0 Å². The number of hydrogen-bond acceptors (Lipinski definition) is 1. The van der Waals surface area contributed by atoms with E-state index in [1.54, 1.807) is 0 Å². The second-order valence-electron chi connectivity index (χ2n) is 16.2. The van der Waals surface area contributed by atoms with Crippen molar-refractivity contribution in [3.63, 3.8) is 0 Å². The van der Waals surface area contributed by atoms with Crippen LogP contribution in [0.25, 0.3) is 44.2 Å². The van der Waals surface area contributed by atoms with Gasteiger partial charge in [0.2, 0.25) is 0 Å². The minimum atomic E-state index is -0.505. The summed E-state index contributed by atoms with van der Waals surface area (Å²) in [5.41, 5.74) is 18.6. The van der Waals surface area contributed by atoms with Crippen molar-refractivity contribution in [3.05, 3.63) is 246 Å². The van der Waals surface area contributed by atoms with Gasteiger partial charge in [-0.1, -0.05) is 184 Å². The molecule has 0 saturated carbocycles. The van der Waals surface area contributed by atoms with Crippen molar-refractivity contribution in [2.75, 3.05) is 4.90 Å². The fraction of sp³-hybridized carbons (Fsp3) is 0.103. The summed E-state index contributed by atoms with van der Waals surface area (Å²) in [5, 5.41) is 2.59. The average molecular weight is 756 g/mol. The molecule has 1 heteroatoms. The monoisotopic (exact) mass is 755 g/mol. The molecule has 11 rings (SSSR count). The lowest BCUT2D eigenvalue weighted by molar-refractivity contribution is 0.491. The lowest BCUT2D eigenvalue weighted by atomic mass is 9.67. The molecule has 0 radical (unpaired) electrons. The maximum Gasteiger partial charge on any atom is 0.0714 e. The SMILES string of the molecule is CCC1(CC)c2ccc(N(c3ccc4c(c3)C(c3ccccc3)(c3ccccc3)c3ccccc3-4)c3ccccc3-c3ccccc3)cc2-c2cc3ccccc3cc21.